The van der Waals surface area contributed by atoms with E-state index in [4.69, 9.17) is 14.2 Å². The highest BCUT2D eigenvalue weighted by Gasteiger charge is 2.67. The Bertz CT molecular complexity index is 1920. The molecule has 1 unspecified atom stereocenters. The van der Waals surface area contributed by atoms with Gasteiger partial charge >= 0.3 is 12.2 Å². The van der Waals surface area contributed by atoms with Gasteiger partial charge in [-0.1, -0.05) is 6.07 Å². The number of alkyl halides is 1. The maximum absolute atomic E-state index is 13.5. The molecule has 2 aromatic heterocycles. The number of hydrogen-bond donors (Lipinski definition) is 3. The lowest BCUT2D eigenvalue weighted by atomic mass is 9.91. The molecule has 1 saturated carbocycles. The molecule has 7 rings (SSSR count). The number of aliphatic hydroxyl groups is 1. The molecule has 1 spiro atoms. The minimum atomic E-state index is -1.32. The summed E-state index contributed by atoms with van der Waals surface area (Å²) in [4.78, 5) is 37.2. The molecule has 3 atom stereocenters. The SMILES string of the molecule is COc1ccc2c(c1)[C@]1(C[C@H]1c1ccc3c(Nc4nc(N5CC(F)C5)ncc4OC)nn(C(=O)OC(C)(C)C)c3c1)C(O)N2C(=O)O. The van der Waals surface area contributed by atoms with E-state index in [0.717, 1.165) is 15.1 Å². The smallest absolute Gasteiger partial charge is 0.435 e. The van der Waals surface area contributed by atoms with Gasteiger partial charge in [-0.15, -0.1) is 5.10 Å². The molecule has 2 aliphatic heterocycles. The number of aliphatic hydroxyl groups excluding tert-OH is 1. The van der Waals surface area contributed by atoms with Gasteiger partial charge in [-0.3, -0.25) is 4.90 Å². The number of methoxy groups -OCH3 is 2. The van der Waals surface area contributed by atoms with Crippen molar-refractivity contribution in [2.24, 2.45) is 0 Å². The van der Waals surface area contributed by atoms with Gasteiger partial charge in [-0.25, -0.2) is 19.0 Å². The first-order valence-corrected chi connectivity index (χ1v) is 15.1. The number of hydrogen-bond acceptors (Lipinski definition) is 11. The van der Waals surface area contributed by atoms with E-state index in [9.17, 15) is 24.2 Å². The summed E-state index contributed by atoms with van der Waals surface area (Å²) in [6.07, 6.45) is -2.30. The van der Waals surface area contributed by atoms with Crippen molar-refractivity contribution < 1.29 is 38.4 Å². The minimum Gasteiger partial charge on any atom is -0.497 e. The molecule has 47 heavy (non-hydrogen) atoms. The number of anilines is 4. The number of fused-ring (bicyclic) bond motifs is 3. The summed E-state index contributed by atoms with van der Waals surface area (Å²) < 4.78 is 31.3. The number of rotatable bonds is 6. The molecular formula is C32H34FN7O7. The van der Waals surface area contributed by atoms with Crippen LogP contribution in [0.5, 0.6) is 11.5 Å². The summed E-state index contributed by atoms with van der Waals surface area (Å²) in [5.74, 6) is 1.46. The molecule has 0 radical (unpaired) electrons. The molecule has 2 aromatic carbocycles. The Hall–Kier alpha value is -5.18. The van der Waals surface area contributed by atoms with Crippen molar-refractivity contribution in [1.82, 2.24) is 19.7 Å². The van der Waals surface area contributed by atoms with E-state index in [-0.39, 0.29) is 30.6 Å². The summed E-state index contributed by atoms with van der Waals surface area (Å²) in [7, 11) is 3.00. The van der Waals surface area contributed by atoms with Crippen LogP contribution in [0.25, 0.3) is 10.9 Å². The molecule has 0 bridgehead atoms. The highest BCUT2D eigenvalue weighted by molar-refractivity contribution is 5.98. The van der Waals surface area contributed by atoms with E-state index in [1.165, 1.54) is 20.4 Å². The van der Waals surface area contributed by atoms with Gasteiger partial charge in [-0.2, -0.15) is 9.67 Å². The van der Waals surface area contributed by atoms with Gasteiger partial charge in [0.2, 0.25) is 5.95 Å². The van der Waals surface area contributed by atoms with E-state index in [1.54, 1.807) is 56.0 Å². The predicted octanol–water partition coefficient (Wildman–Crippen LogP) is 4.77. The lowest BCUT2D eigenvalue weighted by Crippen LogP contribution is -2.49. The Labute approximate surface area is 268 Å². The first-order valence-electron chi connectivity index (χ1n) is 15.1. The Morgan fingerprint density at radius 2 is 1.85 bits per heavy atom. The number of carbonyl (C=O) groups excluding carboxylic acids is 1. The van der Waals surface area contributed by atoms with Crippen LogP contribution >= 0.6 is 0 Å². The van der Waals surface area contributed by atoms with Gasteiger partial charge in [0.25, 0.3) is 0 Å². The number of amides is 1. The van der Waals surface area contributed by atoms with Crippen LogP contribution in [0.4, 0.5) is 37.3 Å². The number of benzene rings is 2. The molecule has 14 nitrogen and oxygen atoms in total. The van der Waals surface area contributed by atoms with E-state index >= 15 is 0 Å². The molecule has 2 fully saturated rings. The summed E-state index contributed by atoms with van der Waals surface area (Å²) in [6, 6.07) is 10.5. The Morgan fingerprint density at radius 3 is 2.51 bits per heavy atom. The number of nitrogens with zero attached hydrogens (tertiary/aromatic N) is 6. The Kier molecular flexibility index (Phi) is 6.93. The van der Waals surface area contributed by atoms with E-state index in [2.05, 4.69) is 20.4 Å². The second-order valence-electron chi connectivity index (χ2n) is 12.9. The lowest BCUT2D eigenvalue weighted by molar-refractivity contribution is 0.0523. The summed E-state index contributed by atoms with van der Waals surface area (Å²) in [5.41, 5.74) is 0.550. The van der Waals surface area contributed by atoms with Crippen LogP contribution in [-0.2, 0) is 10.2 Å². The third-order valence-corrected chi connectivity index (χ3v) is 8.87. The number of aromatic nitrogens is 4. The van der Waals surface area contributed by atoms with E-state index < -0.39 is 35.6 Å². The molecule has 4 aromatic rings. The van der Waals surface area contributed by atoms with Crippen molar-refractivity contribution in [2.45, 2.75) is 56.5 Å². The van der Waals surface area contributed by atoms with Crippen LogP contribution in [-0.4, -0.2) is 87.5 Å². The molecule has 246 valence electrons. The van der Waals surface area contributed by atoms with Crippen LogP contribution in [0.3, 0.4) is 0 Å². The van der Waals surface area contributed by atoms with Crippen LogP contribution in [0.15, 0.2) is 42.6 Å². The lowest BCUT2D eigenvalue weighted by Gasteiger charge is -2.34. The third kappa shape index (κ3) is 4.92. The maximum atomic E-state index is 13.5. The van der Waals surface area contributed by atoms with Gasteiger partial charge in [0.1, 0.15) is 23.8 Å². The molecule has 4 heterocycles. The van der Waals surface area contributed by atoms with Crippen LogP contribution in [0.1, 0.15) is 44.2 Å². The second kappa shape index (κ2) is 10.7. The average Bonchev–Trinajstić information content (AvgIpc) is 3.60. The highest BCUT2D eigenvalue weighted by atomic mass is 19.1. The molecule has 3 N–H and O–H groups in total. The molecule has 15 heteroatoms. The van der Waals surface area contributed by atoms with Crippen LogP contribution in [0.2, 0.25) is 0 Å². The largest absolute Gasteiger partial charge is 0.497 e. The molecule has 1 saturated heterocycles. The number of ether oxygens (including phenoxy) is 3. The summed E-state index contributed by atoms with van der Waals surface area (Å²) >= 11 is 0. The van der Waals surface area contributed by atoms with Crippen molar-refractivity contribution >= 4 is 46.4 Å². The first kappa shape index (κ1) is 30.5. The molecular weight excluding hydrogens is 613 g/mol. The fourth-order valence-electron chi connectivity index (χ4n) is 6.55. The maximum Gasteiger partial charge on any atom is 0.435 e. The van der Waals surface area contributed by atoms with E-state index in [0.29, 0.717) is 46.0 Å². The van der Waals surface area contributed by atoms with Gasteiger partial charge in [0, 0.05) is 5.39 Å². The zero-order chi connectivity index (χ0) is 33.4. The van der Waals surface area contributed by atoms with Crippen LogP contribution < -0.4 is 24.6 Å². The van der Waals surface area contributed by atoms with Crippen molar-refractivity contribution in [3.63, 3.8) is 0 Å². The quantitative estimate of drug-likeness (QED) is 0.263. The highest BCUT2D eigenvalue weighted by Crippen LogP contribution is 2.68. The van der Waals surface area contributed by atoms with Gasteiger partial charge < -0.3 is 34.6 Å². The molecule has 3 aliphatic rings. The molecule has 1 amide bonds. The second-order valence-corrected chi connectivity index (χ2v) is 12.9. The number of halogens is 1. The number of carbonyl (C=O) groups is 2. The minimum absolute atomic E-state index is 0.184. The topological polar surface area (TPSA) is 164 Å². The standard InChI is InChI=1S/C32H34FN7O7/c1-31(2,3)47-30(44)40-23-10-16(21-12-32(21)20-11-18(45-4)7-9-22(20)39(27(32)41)29(42)43)6-8-19(23)25(37-40)35-26-24(46-5)13-34-28(36-26)38-14-17(33)15-38/h6-11,13,17,21,27,41H,12,14-15H2,1-5H3,(H,42,43)(H,34,35,36,37)/t21-,27?,32-/m0/s1. The van der Waals surface area contributed by atoms with Gasteiger partial charge in [0.15, 0.2) is 17.4 Å². The summed E-state index contributed by atoms with van der Waals surface area (Å²) in [5, 5.41) is 29.7. The first-order chi connectivity index (χ1) is 22.3. The fourth-order valence-corrected chi connectivity index (χ4v) is 6.55. The zero-order valence-corrected chi connectivity index (χ0v) is 26.4. The zero-order valence-electron chi connectivity index (χ0n) is 26.4. The van der Waals surface area contributed by atoms with Gasteiger partial charge in [-0.05, 0) is 74.6 Å². The Morgan fingerprint density at radius 1 is 1.09 bits per heavy atom. The monoisotopic (exact) mass is 647 g/mol. The molecule has 1 aliphatic carbocycles. The number of carboxylic acid groups (broad SMARTS) is 1. The number of nitrogens with one attached hydrogen (secondary N) is 1. The van der Waals surface area contributed by atoms with Crippen molar-refractivity contribution in [2.75, 3.05) is 42.4 Å². The predicted molar refractivity (Wildman–Crippen MR) is 169 cm³/mol. The van der Waals surface area contributed by atoms with Crippen LogP contribution in [0, 0.1) is 0 Å². The Balaban J connectivity index is 1.30. The fraction of sp³-hybridized carbons (Fsp3) is 0.406. The van der Waals surface area contributed by atoms with Crippen molar-refractivity contribution in [1.29, 1.82) is 0 Å². The third-order valence-electron chi connectivity index (χ3n) is 8.87. The van der Waals surface area contributed by atoms with Crippen molar-refractivity contribution in [3.8, 4) is 11.5 Å². The summed E-state index contributed by atoms with van der Waals surface area (Å²) in [6.45, 7) is 5.62. The normalized spacial score (nSPS) is 21.9. The van der Waals surface area contributed by atoms with E-state index in [1.807, 2.05) is 6.07 Å². The van der Waals surface area contributed by atoms with Crippen molar-refractivity contribution in [3.05, 3.63) is 53.7 Å². The average molecular weight is 648 g/mol. The van der Waals surface area contributed by atoms with Gasteiger partial charge in [0.05, 0.1) is 50.1 Å².